The van der Waals surface area contributed by atoms with E-state index >= 15 is 0 Å². The van der Waals surface area contributed by atoms with Crippen molar-refractivity contribution in [1.82, 2.24) is 4.98 Å². The topological polar surface area (TPSA) is 77.3 Å². The van der Waals surface area contributed by atoms with Crippen LogP contribution in [0.4, 0.5) is 11.5 Å². The highest BCUT2D eigenvalue weighted by Gasteiger charge is 2.18. The minimum atomic E-state index is -0.461. The summed E-state index contributed by atoms with van der Waals surface area (Å²) in [5, 5.41) is 13.8. The van der Waals surface area contributed by atoms with Gasteiger partial charge in [-0.3, -0.25) is 10.1 Å². The van der Waals surface area contributed by atoms with Crippen LogP contribution in [0, 0.1) is 15.5 Å². The third kappa shape index (κ3) is 3.90. The van der Waals surface area contributed by atoms with Gasteiger partial charge in [0.15, 0.2) is 0 Å². The van der Waals surface area contributed by atoms with Crippen LogP contribution < -0.4 is 10.1 Å². The molecule has 1 heterocycles. The van der Waals surface area contributed by atoms with Crippen LogP contribution >= 0.6 is 0 Å². The molecule has 94 valence electrons. The molecular weight excluding hydrogens is 222 g/mol. The maximum absolute atomic E-state index is 10.8. The number of hydrogen-bond donors (Lipinski definition) is 1. The summed E-state index contributed by atoms with van der Waals surface area (Å²) in [4.78, 5) is 14.4. The second-order valence-electron chi connectivity index (χ2n) is 4.89. The number of ether oxygens (including phenoxy) is 1. The van der Waals surface area contributed by atoms with E-state index in [1.807, 2.05) is 20.8 Å². The number of nitrogens with one attached hydrogen (secondary N) is 1. The van der Waals surface area contributed by atoms with Gasteiger partial charge in [-0.25, -0.2) is 0 Å². The Morgan fingerprint density at radius 3 is 2.59 bits per heavy atom. The molecule has 17 heavy (non-hydrogen) atoms. The Hall–Kier alpha value is -1.85. The number of nitro groups is 1. The highest BCUT2D eigenvalue weighted by Crippen LogP contribution is 2.26. The van der Waals surface area contributed by atoms with E-state index in [1.54, 1.807) is 0 Å². The summed E-state index contributed by atoms with van der Waals surface area (Å²) in [6, 6.07) is 2.86. The van der Waals surface area contributed by atoms with Gasteiger partial charge in [-0.05, 0) is 5.41 Å². The highest BCUT2D eigenvalue weighted by atomic mass is 16.6. The first kappa shape index (κ1) is 13.2. The highest BCUT2D eigenvalue weighted by molar-refractivity contribution is 5.57. The van der Waals surface area contributed by atoms with Gasteiger partial charge >= 0.3 is 5.69 Å². The molecule has 0 amide bonds. The van der Waals surface area contributed by atoms with Crippen molar-refractivity contribution in [3.05, 3.63) is 22.2 Å². The summed E-state index contributed by atoms with van der Waals surface area (Å²) in [5.41, 5.74) is -0.0337. The van der Waals surface area contributed by atoms with Crippen molar-refractivity contribution in [2.75, 3.05) is 19.0 Å². The Morgan fingerprint density at radius 1 is 1.47 bits per heavy atom. The molecule has 0 saturated heterocycles. The van der Waals surface area contributed by atoms with Crippen molar-refractivity contribution in [3.8, 4) is 5.88 Å². The fourth-order valence-electron chi connectivity index (χ4n) is 1.17. The maximum atomic E-state index is 10.8. The van der Waals surface area contributed by atoms with Crippen molar-refractivity contribution in [2.45, 2.75) is 20.8 Å². The lowest BCUT2D eigenvalue weighted by Crippen LogP contribution is -2.20. The number of rotatable bonds is 4. The third-order valence-corrected chi connectivity index (χ3v) is 2.04. The summed E-state index contributed by atoms with van der Waals surface area (Å²) < 4.78 is 4.95. The van der Waals surface area contributed by atoms with Crippen LogP contribution in [0.1, 0.15) is 20.8 Å². The summed E-state index contributed by atoms with van der Waals surface area (Å²) in [6.07, 6.45) is 0. The van der Waals surface area contributed by atoms with Crippen LogP contribution in [0.5, 0.6) is 5.88 Å². The second-order valence-corrected chi connectivity index (χ2v) is 4.89. The monoisotopic (exact) mass is 239 g/mol. The number of anilines is 1. The van der Waals surface area contributed by atoms with Gasteiger partial charge in [0.2, 0.25) is 11.7 Å². The van der Waals surface area contributed by atoms with Gasteiger partial charge in [0.1, 0.15) is 0 Å². The average molecular weight is 239 g/mol. The molecular formula is C11H17N3O3. The zero-order valence-corrected chi connectivity index (χ0v) is 10.5. The fourth-order valence-corrected chi connectivity index (χ4v) is 1.17. The molecule has 0 aliphatic rings. The maximum Gasteiger partial charge on any atom is 0.311 e. The smallest absolute Gasteiger partial charge is 0.311 e. The first-order chi connectivity index (χ1) is 7.83. The van der Waals surface area contributed by atoms with Crippen LogP contribution in [0.15, 0.2) is 12.1 Å². The predicted molar refractivity (Wildman–Crippen MR) is 65.4 cm³/mol. The van der Waals surface area contributed by atoms with Gasteiger partial charge in [-0.15, -0.1) is 0 Å². The van der Waals surface area contributed by atoms with Crippen molar-refractivity contribution in [1.29, 1.82) is 0 Å². The van der Waals surface area contributed by atoms with E-state index in [1.165, 1.54) is 19.2 Å². The largest absolute Gasteiger partial charge is 0.481 e. The van der Waals surface area contributed by atoms with Gasteiger partial charge in [-0.2, -0.15) is 4.98 Å². The lowest BCUT2D eigenvalue weighted by atomic mass is 9.97. The summed E-state index contributed by atoms with van der Waals surface area (Å²) in [5.74, 6) is 0.594. The standard InChI is InChI=1S/C11H17N3O3/c1-11(2,3)7-12-10-8(14(15)16)5-6-9(13-10)17-4/h5-6H,7H2,1-4H3,(H,12,13). The van der Waals surface area contributed by atoms with E-state index < -0.39 is 4.92 Å². The number of aromatic nitrogens is 1. The average Bonchev–Trinajstić information content (AvgIpc) is 2.24. The van der Waals surface area contributed by atoms with E-state index in [9.17, 15) is 10.1 Å². The molecule has 0 aliphatic carbocycles. The molecule has 1 aromatic heterocycles. The minimum Gasteiger partial charge on any atom is -0.481 e. The number of hydrogen-bond acceptors (Lipinski definition) is 5. The van der Waals surface area contributed by atoms with Crippen molar-refractivity contribution in [2.24, 2.45) is 5.41 Å². The van der Waals surface area contributed by atoms with Crippen molar-refractivity contribution >= 4 is 11.5 Å². The number of methoxy groups -OCH3 is 1. The van der Waals surface area contributed by atoms with Gasteiger partial charge in [0.05, 0.1) is 12.0 Å². The quantitative estimate of drug-likeness (QED) is 0.645. The summed E-state index contributed by atoms with van der Waals surface area (Å²) in [6.45, 7) is 6.69. The molecule has 0 aromatic carbocycles. The molecule has 6 nitrogen and oxygen atoms in total. The molecule has 1 N–H and O–H groups in total. The zero-order valence-electron chi connectivity index (χ0n) is 10.5. The van der Waals surface area contributed by atoms with Crippen molar-refractivity contribution < 1.29 is 9.66 Å². The molecule has 0 fully saturated rings. The van der Waals surface area contributed by atoms with Crippen LogP contribution in [-0.2, 0) is 0 Å². The molecule has 1 aromatic rings. The Morgan fingerprint density at radius 2 is 2.12 bits per heavy atom. The minimum absolute atomic E-state index is 0.0125. The van der Waals surface area contributed by atoms with E-state index in [0.29, 0.717) is 12.4 Å². The Balaban J connectivity index is 2.97. The normalized spacial score (nSPS) is 11.1. The number of nitrogens with zero attached hydrogens (tertiary/aromatic N) is 2. The summed E-state index contributed by atoms with van der Waals surface area (Å²) >= 11 is 0. The van der Waals surface area contributed by atoms with E-state index in [0.717, 1.165) is 0 Å². The molecule has 0 saturated carbocycles. The predicted octanol–water partition coefficient (Wildman–Crippen LogP) is 2.46. The lowest BCUT2D eigenvalue weighted by Gasteiger charge is -2.19. The van der Waals surface area contributed by atoms with Gasteiger partial charge in [0.25, 0.3) is 0 Å². The van der Waals surface area contributed by atoms with E-state index in [4.69, 9.17) is 4.74 Å². The van der Waals surface area contributed by atoms with E-state index in [-0.39, 0.29) is 16.9 Å². The molecule has 1 rings (SSSR count). The molecule has 6 heteroatoms. The van der Waals surface area contributed by atoms with Crippen LogP contribution in [-0.4, -0.2) is 23.6 Å². The molecule has 0 radical (unpaired) electrons. The molecule has 0 aliphatic heterocycles. The fraction of sp³-hybridized carbons (Fsp3) is 0.545. The SMILES string of the molecule is COc1ccc([N+](=O)[O-])c(NCC(C)(C)C)n1. The van der Waals surface area contributed by atoms with E-state index in [2.05, 4.69) is 10.3 Å². The van der Waals surface area contributed by atoms with Crippen molar-refractivity contribution in [3.63, 3.8) is 0 Å². The van der Waals surface area contributed by atoms with Crippen LogP contribution in [0.25, 0.3) is 0 Å². The molecule has 0 atom stereocenters. The Bertz CT molecular complexity index is 413. The Labute approximate surface area is 100 Å². The first-order valence-electron chi connectivity index (χ1n) is 5.27. The first-order valence-corrected chi connectivity index (χ1v) is 5.27. The third-order valence-electron chi connectivity index (χ3n) is 2.04. The lowest BCUT2D eigenvalue weighted by molar-refractivity contribution is -0.384. The summed E-state index contributed by atoms with van der Waals surface area (Å²) in [7, 11) is 1.47. The molecule has 0 spiro atoms. The van der Waals surface area contributed by atoms with Crippen LogP contribution in [0.2, 0.25) is 0 Å². The molecule has 0 unspecified atom stereocenters. The Kier molecular flexibility index (Phi) is 3.88. The van der Waals surface area contributed by atoms with Gasteiger partial charge < -0.3 is 10.1 Å². The van der Waals surface area contributed by atoms with Gasteiger partial charge in [0, 0.05) is 18.7 Å². The number of pyridine rings is 1. The van der Waals surface area contributed by atoms with Crippen LogP contribution in [0.3, 0.4) is 0 Å². The zero-order chi connectivity index (χ0) is 13.1. The molecule has 0 bridgehead atoms. The second kappa shape index (κ2) is 4.99. The van der Waals surface area contributed by atoms with Gasteiger partial charge in [-0.1, -0.05) is 20.8 Å².